The van der Waals surface area contributed by atoms with Crippen molar-refractivity contribution in [3.05, 3.63) is 83.4 Å². The van der Waals surface area contributed by atoms with Crippen LogP contribution in [0.15, 0.2) is 66.7 Å². The number of carboxylic acids is 2. The van der Waals surface area contributed by atoms with Gasteiger partial charge in [0.25, 0.3) is 0 Å². The molecule has 0 saturated heterocycles. The molecule has 0 bridgehead atoms. The molecule has 1 fully saturated rings. The Balaban J connectivity index is 0.00000134. The summed E-state index contributed by atoms with van der Waals surface area (Å²) in [6, 6.07) is 16.7. The second-order valence-corrected chi connectivity index (χ2v) is 15.0. The van der Waals surface area contributed by atoms with Crippen molar-refractivity contribution in [1.29, 1.82) is 10.8 Å². The molecule has 14 N–H and O–H groups in total. The molecule has 1 saturated carbocycles. The Hall–Kier alpha value is -6.73. The number of carbonyl (C=O) groups excluding carboxylic acids is 4. The first-order chi connectivity index (χ1) is 29.2. The first kappa shape index (κ1) is 49.6. The average Bonchev–Trinajstić information content (AvgIpc) is 3.22. The Kier molecular flexibility index (Phi) is 19.1. The number of amides is 4. The largest absolute Gasteiger partial charge is 0.490 e. The zero-order valence-electron chi connectivity index (χ0n) is 33.9. The van der Waals surface area contributed by atoms with E-state index in [2.05, 4.69) is 21.3 Å². The summed E-state index contributed by atoms with van der Waals surface area (Å²) in [5, 5.41) is 44.6. The lowest BCUT2D eigenvalue weighted by Crippen LogP contribution is -2.57. The van der Waals surface area contributed by atoms with Crippen molar-refractivity contribution in [3.63, 3.8) is 0 Å². The quantitative estimate of drug-likeness (QED) is 0.0445. The molecule has 4 amide bonds. The minimum absolute atomic E-state index is 0.0718. The molecule has 0 aliphatic heterocycles. The monoisotopic (exact) mass is 869 g/mol. The molecular weight excluding hydrogens is 816 g/mol. The van der Waals surface area contributed by atoms with Crippen molar-refractivity contribution in [1.82, 2.24) is 21.3 Å². The SMILES string of the molecule is N=C(N)NCCC[C@H](NC(=O)[C@H](CCC(=O)O)NC(=O)[C@H](Cc1ccc(C(=N)N)cc1)c1ccc2ccccc2c1)C(=O)N[C@@H](CC1CCCCC1)C(N)=O.O=C(O)C(F)(F)F. The number of rotatable bonds is 20. The van der Waals surface area contributed by atoms with Gasteiger partial charge in [-0.15, -0.1) is 0 Å². The number of hydrogen-bond acceptors (Lipinski definition) is 8. The standard InChI is InChI=1S/C40H53N9O6.C2HF3O2/c41-35(42)27-14-12-25(13-15-27)21-30(29-17-16-26-9-4-5-10-28(26)23-29)37(53)47-32(18-19-34(50)51)39(55)48-31(11-6-20-46-40(44)45)38(54)49-33(36(43)52)22-24-7-2-1-3-8-24;3-2(4,5)1(6)7/h4-5,9-10,12-17,23-24,30-33H,1-3,6-8,11,18-22H2,(H3,41,42)(H2,43,52)(H,47,53)(H,48,55)(H,49,54)(H,50,51)(H4,44,45,46);(H,6,7)/t30-,31+,32+,33+;/m1./s1. The normalized spacial score (nSPS) is 14.7. The molecule has 0 radical (unpaired) electrons. The van der Waals surface area contributed by atoms with Gasteiger partial charge in [0.05, 0.1) is 5.92 Å². The summed E-state index contributed by atoms with van der Waals surface area (Å²) in [7, 11) is 0. The van der Waals surface area contributed by atoms with Crippen molar-refractivity contribution in [2.75, 3.05) is 6.54 Å². The maximum absolute atomic E-state index is 14.3. The number of hydrogen-bond donors (Lipinski definition) is 11. The predicted molar refractivity (Wildman–Crippen MR) is 224 cm³/mol. The van der Waals surface area contributed by atoms with Crippen LogP contribution in [0, 0.1) is 16.7 Å². The second-order valence-electron chi connectivity index (χ2n) is 15.0. The third kappa shape index (κ3) is 16.7. The molecule has 1 aliphatic rings. The molecule has 20 heteroatoms. The summed E-state index contributed by atoms with van der Waals surface area (Å²) in [5.41, 5.74) is 18.7. The van der Waals surface area contributed by atoms with E-state index in [4.69, 9.17) is 37.9 Å². The number of amidine groups is 1. The summed E-state index contributed by atoms with van der Waals surface area (Å²) in [5.74, 6) is -7.56. The number of alkyl halides is 3. The third-order valence-electron chi connectivity index (χ3n) is 10.3. The second kappa shape index (κ2) is 23.9. The molecule has 0 spiro atoms. The smallest absolute Gasteiger partial charge is 0.481 e. The van der Waals surface area contributed by atoms with Crippen molar-refractivity contribution in [2.24, 2.45) is 23.1 Å². The van der Waals surface area contributed by atoms with Crippen LogP contribution in [0.5, 0.6) is 0 Å². The molecule has 3 aromatic carbocycles. The Morgan fingerprint density at radius 1 is 0.742 bits per heavy atom. The van der Waals surface area contributed by atoms with Crippen LogP contribution in [-0.4, -0.2) is 88.4 Å². The summed E-state index contributed by atoms with van der Waals surface area (Å²) in [6.45, 7) is 0.219. The topological polar surface area (TPSA) is 317 Å². The fraction of sp³-hybridized carbons (Fsp3) is 0.429. The number of guanidine groups is 1. The van der Waals surface area contributed by atoms with Gasteiger partial charge in [-0.3, -0.25) is 34.8 Å². The van der Waals surface area contributed by atoms with Crippen molar-refractivity contribution < 1.29 is 52.2 Å². The van der Waals surface area contributed by atoms with Crippen LogP contribution in [0.2, 0.25) is 0 Å². The molecular formula is C42H54F3N9O8. The highest BCUT2D eigenvalue weighted by Crippen LogP contribution is 2.28. The van der Waals surface area contributed by atoms with E-state index in [1.54, 1.807) is 24.3 Å². The molecule has 1 aliphatic carbocycles. The van der Waals surface area contributed by atoms with Crippen molar-refractivity contribution in [2.45, 2.75) is 101 Å². The summed E-state index contributed by atoms with van der Waals surface area (Å²) < 4.78 is 31.7. The van der Waals surface area contributed by atoms with E-state index in [0.717, 1.165) is 48.4 Å². The van der Waals surface area contributed by atoms with Crippen LogP contribution in [0.25, 0.3) is 10.8 Å². The Bertz CT molecular complexity index is 2060. The Morgan fingerprint density at radius 2 is 1.31 bits per heavy atom. The van der Waals surface area contributed by atoms with Gasteiger partial charge in [-0.2, -0.15) is 13.2 Å². The highest BCUT2D eigenvalue weighted by atomic mass is 19.4. The Labute approximate surface area is 355 Å². The van der Waals surface area contributed by atoms with E-state index in [1.165, 1.54) is 0 Å². The molecule has 336 valence electrons. The number of aliphatic carboxylic acids is 2. The zero-order valence-corrected chi connectivity index (χ0v) is 33.9. The number of fused-ring (bicyclic) bond motifs is 1. The number of nitrogens with one attached hydrogen (secondary N) is 6. The van der Waals surface area contributed by atoms with Gasteiger partial charge in [-0.05, 0) is 59.9 Å². The first-order valence-corrected chi connectivity index (χ1v) is 20.0. The molecule has 4 rings (SSSR count). The molecule has 0 unspecified atom stereocenters. The van der Waals surface area contributed by atoms with Gasteiger partial charge in [-0.1, -0.05) is 98.8 Å². The van der Waals surface area contributed by atoms with Crippen LogP contribution >= 0.6 is 0 Å². The summed E-state index contributed by atoms with van der Waals surface area (Å²) >= 11 is 0. The van der Waals surface area contributed by atoms with E-state index in [-0.39, 0.29) is 43.5 Å². The molecule has 0 aromatic heterocycles. The zero-order chi connectivity index (χ0) is 46.0. The van der Waals surface area contributed by atoms with Crippen LogP contribution in [0.3, 0.4) is 0 Å². The molecule has 3 aromatic rings. The van der Waals surface area contributed by atoms with Gasteiger partial charge in [0.15, 0.2) is 5.96 Å². The van der Waals surface area contributed by atoms with E-state index in [9.17, 15) is 42.3 Å². The average molecular weight is 870 g/mol. The number of carbonyl (C=O) groups is 6. The summed E-state index contributed by atoms with van der Waals surface area (Å²) in [6.07, 6.45) is 0.166. The van der Waals surface area contributed by atoms with Crippen LogP contribution in [0.1, 0.15) is 86.8 Å². The van der Waals surface area contributed by atoms with Crippen LogP contribution < -0.4 is 38.5 Å². The molecule has 62 heavy (non-hydrogen) atoms. The predicted octanol–water partition coefficient (Wildman–Crippen LogP) is 3.12. The highest BCUT2D eigenvalue weighted by molar-refractivity contribution is 5.96. The number of carboxylic acid groups (broad SMARTS) is 2. The lowest BCUT2D eigenvalue weighted by molar-refractivity contribution is -0.192. The van der Waals surface area contributed by atoms with Gasteiger partial charge >= 0.3 is 18.1 Å². The summed E-state index contributed by atoms with van der Waals surface area (Å²) in [4.78, 5) is 75.0. The Morgan fingerprint density at radius 3 is 1.85 bits per heavy atom. The van der Waals surface area contributed by atoms with Crippen molar-refractivity contribution >= 4 is 58.1 Å². The van der Waals surface area contributed by atoms with Crippen LogP contribution in [-0.2, 0) is 35.2 Å². The minimum Gasteiger partial charge on any atom is -0.481 e. The maximum atomic E-state index is 14.3. The van der Waals surface area contributed by atoms with E-state index in [1.807, 2.05) is 42.5 Å². The van der Waals surface area contributed by atoms with E-state index in [0.29, 0.717) is 24.0 Å². The molecule has 0 heterocycles. The minimum atomic E-state index is -5.08. The fourth-order valence-electron chi connectivity index (χ4n) is 7.00. The van der Waals surface area contributed by atoms with Crippen molar-refractivity contribution in [3.8, 4) is 0 Å². The maximum Gasteiger partial charge on any atom is 0.490 e. The lowest BCUT2D eigenvalue weighted by Gasteiger charge is -2.28. The number of halogens is 3. The third-order valence-corrected chi connectivity index (χ3v) is 10.3. The van der Waals surface area contributed by atoms with Crippen LogP contribution in [0.4, 0.5) is 13.2 Å². The number of primary amides is 1. The number of benzene rings is 3. The molecule has 4 atom stereocenters. The number of nitrogens with two attached hydrogens (primary N) is 3. The molecule has 17 nitrogen and oxygen atoms in total. The van der Waals surface area contributed by atoms with E-state index >= 15 is 0 Å². The highest BCUT2D eigenvalue weighted by Gasteiger charge is 2.38. The lowest BCUT2D eigenvalue weighted by atomic mass is 9.84. The van der Waals surface area contributed by atoms with Gasteiger partial charge in [0.1, 0.15) is 24.0 Å². The first-order valence-electron chi connectivity index (χ1n) is 20.0. The van der Waals surface area contributed by atoms with Gasteiger partial charge in [0, 0.05) is 18.5 Å². The van der Waals surface area contributed by atoms with Gasteiger partial charge in [0.2, 0.25) is 23.6 Å². The fourth-order valence-corrected chi connectivity index (χ4v) is 7.00. The van der Waals surface area contributed by atoms with Gasteiger partial charge in [-0.25, -0.2) is 4.79 Å². The van der Waals surface area contributed by atoms with Gasteiger partial charge < -0.3 is 48.7 Å². The van der Waals surface area contributed by atoms with E-state index < -0.39 is 72.2 Å². The number of nitrogen functional groups attached to an aromatic ring is 1.